The lowest BCUT2D eigenvalue weighted by atomic mass is 9.78. The highest BCUT2D eigenvalue weighted by Crippen LogP contribution is 2.39. The van der Waals surface area contributed by atoms with Crippen LogP contribution in [0.2, 0.25) is 0 Å². The molecule has 3 rings (SSSR count). The van der Waals surface area contributed by atoms with E-state index in [1.165, 1.54) is 6.08 Å². The molecule has 18 heavy (non-hydrogen) atoms. The van der Waals surface area contributed by atoms with Crippen molar-refractivity contribution in [1.82, 2.24) is 0 Å². The van der Waals surface area contributed by atoms with Gasteiger partial charge in [0.15, 0.2) is 0 Å². The van der Waals surface area contributed by atoms with Gasteiger partial charge in [-0.15, -0.1) is 0 Å². The van der Waals surface area contributed by atoms with Gasteiger partial charge < -0.3 is 14.3 Å². The van der Waals surface area contributed by atoms with Crippen LogP contribution in [0.15, 0.2) is 47.1 Å². The van der Waals surface area contributed by atoms with Gasteiger partial charge in [0.2, 0.25) is 0 Å². The molecule has 1 aromatic carbocycles. The Balaban J connectivity index is 2.09. The summed E-state index contributed by atoms with van der Waals surface area (Å²) >= 11 is 0. The van der Waals surface area contributed by atoms with Crippen LogP contribution in [0.3, 0.4) is 0 Å². The van der Waals surface area contributed by atoms with Crippen molar-refractivity contribution >= 4 is 16.9 Å². The predicted molar refractivity (Wildman–Crippen MR) is 65.5 cm³/mol. The SMILES string of the molecule is O=C(O)/C=C/C1(c2coc3ccccc23)COC1. The first-order valence-corrected chi connectivity index (χ1v) is 5.68. The predicted octanol–water partition coefficient (Wildman–Crippen LogP) is 2.34. The fraction of sp³-hybridized carbons (Fsp3) is 0.214. The number of carbonyl (C=O) groups is 1. The summed E-state index contributed by atoms with van der Waals surface area (Å²) in [6, 6.07) is 7.72. The molecule has 1 saturated heterocycles. The summed E-state index contributed by atoms with van der Waals surface area (Å²) in [4.78, 5) is 10.7. The van der Waals surface area contributed by atoms with Gasteiger partial charge in [0.05, 0.1) is 24.9 Å². The van der Waals surface area contributed by atoms with Gasteiger partial charge in [0.25, 0.3) is 0 Å². The molecule has 0 atom stereocenters. The molecule has 4 heteroatoms. The summed E-state index contributed by atoms with van der Waals surface area (Å²) in [5.74, 6) is -0.950. The zero-order chi connectivity index (χ0) is 12.6. The smallest absolute Gasteiger partial charge is 0.328 e. The molecule has 2 heterocycles. The van der Waals surface area contributed by atoms with Crippen molar-refractivity contribution in [3.8, 4) is 0 Å². The number of furan rings is 1. The average molecular weight is 244 g/mol. The molecule has 0 saturated carbocycles. The van der Waals surface area contributed by atoms with Crippen LogP contribution in [0.25, 0.3) is 11.0 Å². The lowest BCUT2D eigenvalue weighted by Gasteiger charge is -2.38. The van der Waals surface area contributed by atoms with Crippen molar-refractivity contribution in [2.45, 2.75) is 5.41 Å². The Morgan fingerprint density at radius 3 is 2.78 bits per heavy atom. The summed E-state index contributed by atoms with van der Waals surface area (Å²) in [5.41, 5.74) is 1.43. The highest BCUT2D eigenvalue weighted by Gasteiger charge is 2.40. The van der Waals surface area contributed by atoms with E-state index in [0.29, 0.717) is 13.2 Å². The van der Waals surface area contributed by atoms with Gasteiger partial charge >= 0.3 is 5.97 Å². The van der Waals surface area contributed by atoms with Gasteiger partial charge in [-0.3, -0.25) is 0 Å². The van der Waals surface area contributed by atoms with E-state index in [9.17, 15) is 4.79 Å². The number of aliphatic carboxylic acids is 1. The number of rotatable bonds is 3. The van der Waals surface area contributed by atoms with Gasteiger partial charge in [-0.05, 0) is 6.07 Å². The van der Waals surface area contributed by atoms with Crippen LogP contribution in [0.4, 0.5) is 0 Å². The van der Waals surface area contributed by atoms with E-state index in [1.807, 2.05) is 24.3 Å². The Labute approximate surface area is 103 Å². The Kier molecular flexibility index (Phi) is 2.45. The molecular formula is C14H12O4. The molecule has 0 spiro atoms. The molecule has 4 nitrogen and oxygen atoms in total. The van der Waals surface area contributed by atoms with Gasteiger partial charge in [-0.25, -0.2) is 4.79 Å². The van der Waals surface area contributed by atoms with E-state index in [0.717, 1.165) is 16.5 Å². The number of para-hydroxylation sites is 1. The Morgan fingerprint density at radius 2 is 2.11 bits per heavy atom. The first-order chi connectivity index (χ1) is 8.71. The number of carboxylic acid groups (broad SMARTS) is 1. The first kappa shape index (κ1) is 11.0. The number of hydrogen-bond acceptors (Lipinski definition) is 3. The Bertz CT molecular complexity index is 620. The van der Waals surface area contributed by atoms with Gasteiger partial charge in [0, 0.05) is 17.0 Å². The molecule has 1 fully saturated rings. The zero-order valence-corrected chi connectivity index (χ0v) is 9.63. The molecule has 1 N–H and O–H groups in total. The summed E-state index contributed by atoms with van der Waals surface area (Å²) < 4.78 is 10.8. The molecule has 0 amide bonds. The number of ether oxygens (including phenoxy) is 1. The first-order valence-electron chi connectivity index (χ1n) is 5.68. The minimum Gasteiger partial charge on any atom is -0.478 e. The average Bonchev–Trinajstić information content (AvgIpc) is 2.72. The molecule has 0 aliphatic carbocycles. The molecular weight excluding hydrogens is 232 g/mol. The Morgan fingerprint density at radius 1 is 1.33 bits per heavy atom. The van der Waals surface area contributed by atoms with E-state index < -0.39 is 5.97 Å². The van der Waals surface area contributed by atoms with Crippen molar-refractivity contribution in [2.75, 3.05) is 13.2 Å². The second kappa shape index (κ2) is 3.99. The maximum Gasteiger partial charge on any atom is 0.328 e. The summed E-state index contributed by atoms with van der Waals surface area (Å²) in [5, 5.41) is 9.77. The highest BCUT2D eigenvalue weighted by molar-refractivity contribution is 5.84. The molecule has 1 aromatic heterocycles. The molecule has 1 aliphatic rings. The van der Waals surface area contributed by atoms with Gasteiger partial charge in [0.1, 0.15) is 5.58 Å². The summed E-state index contributed by atoms with van der Waals surface area (Å²) in [7, 11) is 0. The third-order valence-electron chi connectivity index (χ3n) is 3.28. The van der Waals surface area contributed by atoms with Crippen molar-refractivity contribution in [2.24, 2.45) is 0 Å². The van der Waals surface area contributed by atoms with Crippen molar-refractivity contribution in [1.29, 1.82) is 0 Å². The highest BCUT2D eigenvalue weighted by atomic mass is 16.5. The molecule has 1 aliphatic heterocycles. The molecule has 0 radical (unpaired) electrons. The number of hydrogen-bond donors (Lipinski definition) is 1. The van der Waals surface area contributed by atoms with Gasteiger partial charge in [-0.2, -0.15) is 0 Å². The third-order valence-corrected chi connectivity index (χ3v) is 3.28. The minimum absolute atomic E-state index is 0.370. The maximum atomic E-state index is 10.7. The molecule has 92 valence electrons. The van der Waals surface area contributed by atoms with E-state index >= 15 is 0 Å². The van der Waals surface area contributed by atoms with Crippen LogP contribution in [0.5, 0.6) is 0 Å². The van der Waals surface area contributed by atoms with Crippen molar-refractivity contribution in [3.05, 3.63) is 48.2 Å². The van der Waals surface area contributed by atoms with E-state index in [2.05, 4.69) is 0 Å². The van der Waals surface area contributed by atoms with Crippen LogP contribution < -0.4 is 0 Å². The van der Waals surface area contributed by atoms with Crippen LogP contribution in [-0.4, -0.2) is 24.3 Å². The number of benzene rings is 1. The van der Waals surface area contributed by atoms with Crippen LogP contribution in [0.1, 0.15) is 5.56 Å². The minimum atomic E-state index is -0.950. The topological polar surface area (TPSA) is 59.7 Å². The van der Waals surface area contributed by atoms with Gasteiger partial charge in [-0.1, -0.05) is 24.3 Å². The van der Waals surface area contributed by atoms with Crippen molar-refractivity contribution in [3.63, 3.8) is 0 Å². The normalized spacial score (nSPS) is 18.0. The second-order valence-electron chi connectivity index (χ2n) is 4.47. The lowest BCUT2D eigenvalue weighted by Crippen LogP contribution is -2.45. The second-order valence-corrected chi connectivity index (χ2v) is 4.47. The number of carboxylic acids is 1. The van der Waals surface area contributed by atoms with Crippen molar-refractivity contribution < 1.29 is 19.1 Å². The fourth-order valence-corrected chi connectivity index (χ4v) is 2.26. The zero-order valence-electron chi connectivity index (χ0n) is 9.63. The van der Waals surface area contributed by atoms with Crippen LogP contribution >= 0.6 is 0 Å². The molecule has 0 unspecified atom stereocenters. The van der Waals surface area contributed by atoms with Crippen LogP contribution in [0, 0.1) is 0 Å². The lowest BCUT2D eigenvalue weighted by molar-refractivity contribution is -0.131. The maximum absolute atomic E-state index is 10.7. The standard InChI is InChI=1S/C14H12O4/c15-13(16)5-6-14(8-17-9-14)11-7-18-12-4-2-1-3-10(11)12/h1-7H,8-9H2,(H,15,16)/b6-5+. The summed E-state index contributed by atoms with van der Waals surface area (Å²) in [6.45, 7) is 0.973. The van der Waals surface area contributed by atoms with E-state index in [1.54, 1.807) is 12.3 Å². The molecule has 0 bridgehead atoms. The number of fused-ring (bicyclic) bond motifs is 1. The largest absolute Gasteiger partial charge is 0.478 e. The Hall–Kier alpha value is -2.07. The third kappa shape index (κ3) is 1.62. The quantitative estimate of drug-likeness (QED) is 0.842. The molecule has 2 aromatic rings. The summed E-state index contributed by atoms with van der Waals surface area (Å²) in [6.07, 6.45) is 4.56. The van der Waals surface area contributed by atoms with Crippen LogP contribution in [-0.2, 0) is 14.9 Å². The van der Waals surface area contributed by atoms with E-state index in [4.69, 9.17) is 14.3 Å². The fourth-order valence-electron chi connectivity index (χ4n) is 2.26. The monoisotopic (exact) mass is 244 g/mol. The van der Waals surface area contributed by atoms with E-state index in [-0.39, 0.29) is 5.41 Å².